The second-order valence-electron chi connectivity index (χ2n) is 6.30. The topological polar surface area (TPSA) is 61.4 Å². The minimum absolute atomic E-state index is 0.0819. The van der Waals surface area contributed by atoms with Gasteiger partial charge < -0.3 is 15.5 Å². The molecule has 1 aliphatic rings. The summed E-state index contributed by atoms with van der Waals surface area (Å²) >= 11 is 0. The van der Waals surface area contributed by atoms with Crippen LogP contribution in [-0.2, 0) is 17.8 Å². The Morgan fingerprint density at radius 2 is 1.64 bits per heavy atom. The molecule has 3 amide bonds. The fourth-order valence-corrected chi connectivity index (χ4v) is 3.03. The van der Waals surface area contributed by atoms with Crippen LogP contribution in [0.1, 0.15) is 17.5 Å². The highest BCUT2D eigenvalue weighted by Gasteiger charge is 2.30. The highest BCUT2D eigenvalue weighted by molar-refractivity contribution is 5.81. The van der Waals surface area contributed by atoms with E-state index in [0.717, 1.165) is 12.0 Å². The smallest absolute Gasteiger partial charge is 0.315 e. The third-order valence-corrected chi connectivity index (χ3v) is 4.31. The molecular weight excluding hydrogens is 314 g/mol. The second kappa shape index (κ2) is 8.33. The van der Waals surface area contributed by atoms with Crippen molar-refractivity contribution in [3.05, 3.63) is 71.8 Å². The van der Waals surface area contributed by atoms with Crippen molar-refractivity contribution in [1.82, 2.24) is 15.5 Å². The van der Waals surface area contributed by atoms with Crippen LogP contribution in [0.15, 0.2) is 60.7 Å². The number of urea groups is 1. The molecule has 1 unspecified atom stereocenters. The van der Waals surface area contributed by atoms with Gasteiger partial charge in [0.05, 0.1) is 6.04 Å². The monoisotopic (exact) mass is 337 g/mol. The summed E-state index contributed by atoms with van der Waals surface area (Å²) in [7, 11) is 0. The van der Waals surface area contributed by atoms with Crippen LogP contribution < -0.4 is 10.6 Å². The first-order valence-electron chi connectivity index (χ1n) is 8.61. The van der Waals surface area contributed by atoms with Gasteiger partial charge in [0.25, 0.3) is 0 Å². The van der Waals surface area contributed by atoms with Gasteiger partial charge in [0, 0.05) is 26.1 Å². The normalized spacial score (nSPS) is 16.7. The van der Waals surface area contributed by atoms with Crippen molar-refractivity contribution in [3.63, 3.8) is 0 Å². The average molecular weight is 337 g/mol. The first-order valence-corrected chi connectivity index (χ1v) is 8.61. The van der Waals surface area contributed by atoms with Crippen molar-refractivity contribution in [1.29, 1.82) is 0 Å². The van der Waals surface area contributed by atoms with Crippen LogP contribution in [0, 0.1) is 0 Å². The molecule has 2 N–H and O–H groups in total. The fraction of sp³-hybridized carbons (Fsp3) is 0.300. The van der Waals surface area contributed by atoms with Gasteiger partial charge in [-0.25, -0.2) is 4.79 Å². The molecule has 2 aromatic rings. The number of nitrogens with zero attached hydrogens (tertiary/aromatic N) is 1. The quantitative estimate of drug-likeness (QED) is 0.850. The molecule has 0 aliphatic carbocycles. The third kappa shape index (κ3) is 5.08. The van der Waals surface area contributed by atoms with E-state index in [2.05, 4.69) is 10.6 Å². The van der Waals surface area contributed by atoms with Crippen molar-refractivity contribution < 1.29 is 9.59 Å². The summed E-state index contributed by atoms with van der Waals surface area (Å²) in [5, 5.41) is 5.76. The number of likely N-dealkylation sites (tertiary alicyclic amines) is 1. The van der Waals surface area contributed by atoms with Crippen LogP contribution in [0.4, 0.5) is 4.79 Å². The number of carbonyl (C=O) groups is 2. The first kappa shape index (κ1) is 17.0. The van der Waals surface area contributed by atoms with E-state index in [9.17, 15) is 9.59 Å². The van der Waals surface area contributed by atoms with E-state index in [1.54, 1.807) is 4.90 Å². The zero-order valence-corrected chi connectivity index (χ0v) is 14.2. The van der Waals surface area contributed by atoms with E-state index in [4.69, 9.17) is 0 Å². The zero-order chi connectivity index (χ0) is 17.5. The molecule has 0 spiro atoms. The van der Waals surface area contributed by atoms with E-state index in [-0.39, 0.29) is 18.0 Å². The molecule has 1 heterocycles. The van der Waals surface area contributed by atoms with Gasteiger partial charge in [0.2, 0.25) is 5.91 Å². The van der Waals surface area contributed by atoms with Crippen molar-refractivity contribution in [2.24, 2.45) is 0 Å². The van der Waals surface area contributed by atoms with Crippen LogP contribution in [-0.4, -0.2) is 36.0 Å². The Labute approximate surface area is 148 Å². The van der Waals surface area contributed by atoms with Crippen molar-refractivity contribution >= 4 is 11.9 Å². The minimum Gasteiger partial charge on any atom is -0.338 e. The lowest BCUT2D eigenvalue weighted by Gasteiger charge is -2.17. The van der Waals surface area contributed by atoms with Crippen LogP contribution >= 0.6 is 0 Å². The minimum atomic E-state index is -0.213. The van der Waals surface area contributed by atoms with E-state index in [1.165, 1.54) is 5.56 Å². The van der Waals surface area contributed by atoms with Gasteiger partial charge in [-0.15, -0.1) is 0 Å². The lowest BCUT2D eigenvalue weighted by atomic mass is 10.1. The molecule has 1 aliphatic heterocycles. The summed E-state index contributed by atoms with van der Waals surface area (Å²) in [6, 6.07) is 19.6. The molecule has 0 bridgehead atoms. The average Bonchev–Trinajstić information content (AvgIpc) is 2.96. The molecule has 0 saturated carbocycles. The molecule has 3 rings (SSSR count). The van der Waals surface area contributed by atoms with Crippen LogP contribution in [0.2, 0.25) is 0 Å². The van der Waals surface area contributed by atoms with Gasteiger partial charge in [-0.1, -0.05) is 60.7 Å². The predicted octanol–water partition coefficient (Wildman–Crippen LogP) is 2.33. The lowest BCUT2D eigenvalue weighted by molar-refractivity contribution is -0.128. The number of hydrogen-bond acceptors (Lipinski definition) is 2. The Balaban J connectivity index is 1.41. The molecule has 1 saturated heterocycles. The predicted molar refractivity (Wildman–Crippen MR) is 96.9 cm³/mol. The van der Waals surface area contributed by atoms with Crippen molar-refractivity contribution in [2.45, 2.75) is 25.4 Å². The van der Waals surface area contributed by atoms with Gasteiger partial charge in [-0.05, 0) is 17.5 Å². The number of hydrogen-bond donors (Lipinski definition) is 2. The highest BCUT2D eigenvalue weighted by Crippen LogP contribution is 2.15. The highest BCUT2D eigenvalue weighted by atomic mass is 16.2. The Morgan fingerprint density at radius 1 is 1.00 bits per heavy atom. The summed E-state index contributed by atoms with van der Waals surface area (Å²) in [6.07, 6.45) is 1.15. The number of nitrogens with one attached hydrogen (secondary N) is 2. The molecule has 0 radical (unpaired) electrons. The largest absolute Gasteiger partial charge is 0.338 e. The van der Waals surface area contributed by atoms with E-state index in [1.807, 2.05) is 60.7 Å². The van der Waals surface area contributed by atoms with Gasteiger partial charge in [0.15, 0.2) is 0 Å². The second-order valence-corrected chi connectivity index (χ2v) is 6.30. The third-order valence-electron chi connectivity index (χ3n) is 4.31. The maximum Gasteiger partial charge on any atom is 0.315 e. The summed E-state index contributed by atoms with van der Waals surface area (Å²) in [4.78, 5) is 25.9. The van der Waals surface area contributed by atoms with E-state index in [0.29, 0.717) is 26.1 Å². The lowest BCUT2D eigenvalue weighted by Crippen LogP contribution is -2.43. The molecule has 5 nitrogen and oxygen atoms in total. The van der Waals surface area contributed by atoms with Crippen LogP contribution in [0.3, 0.4) is 0 Å². The molecular formula is C20H23N3O2. The first-order chi connectivity index (χ1) is 12.2. The Hall–Kier alpha value is -2.82. The molecule has 0 aromatic heterocycles. The van der Waals surface area contributed by atoms with E-state index >= 15 is 0 Å². The Morgan fingerprint density at radius 3 is 2.32 bits per heavy atom. The van der Waals surface area contributed by atoms with Gasteiger partial charge in [0.1, 0.15) is 0 Å². The van der Waals surface area contributed by atoms with Crippen molar-refractivity contribution in [3.8, 4) is 0 Å². The van der Waals surface area contributed by atoms with E-state index < -0.39 is 0 Å². The number of amides is 3. The number of carbonyl (C=O) groups excluding carboxylic acids is 2. The summed E-state index contributed by atoms with van der Waals surface area (Å²) in [5.74, 6) is 0.0819. The van der Waals surface area contributed by atoms with Gasteiger partial charge in [-0.3, -0.25) is 4.79 Å². The standard InChI is InChI=1S/C20H23N3O2/c24-19-13-18(15-23(19)14-17-9-5-2-6-10-17)22-20(25)21-12-11-16-7-3-1-4-8-16/h1-10,18H,11-15H2,(H2,21,22,25). The van der Waals surface area contributed by atoms with Crippen molar-refractivity contribution in [2.75, 3.05) is 13.1 Å². The van der Waals surface area contributed by atoms with Crippen LogP contribution in [0.5, 0.6) is 0 Å². The van der Waals surface area contributed by atoms with Gasteiger partial charge in [-0.2, -0.15) is 0 Å². The maximum atomic E-state index is 12.1. The summed E-state index contributed by atoms with van der Waals surface area (Å²) < 4.78 is 0. The summed E-state index contributed by atoms with van der Waals surface area (Å²) in [5.41, 5.74) is 2.29. The molecule has 25 heavy (non-hydrogen) atoms. The maximum absolute atomic E-state index is 12.1. The molecule has 2 aromatic carbocycles. The van der Waals surface area contributed by atoms with Crippen LogP contribution in [0.25, 0.3) is 0 Å². The SMILES string of the molecule is O=C(NCCc1ccccc1)NC1CC(=O)N(Cc2ccccc2)C1. The molecule has 1 atom stereocenters. The summed E-state index contributed by atoms with van der Waals surface area (Å²) in [6.45, 7) is 1.72. The molecule has 5 heteroatoms. The zero-order valence-electron chi connectivity index (χ0n) is 14.2. The number of benzene rings is 2. The fourth-order valence-electron chi connectivity index (χ4n) is 3.03. The molecule has 130 valence electrons. The van der Waals surface area contributed by atoms with Gasteiger partial charge >= 0.3 is 6.03 Å². The Bertz CT molecular complexity index is 703. The Kier molecular flexibility index (Phi) is 5.67. The molecule has 1 fully saturated rings. The number of rotatable bonds is 6.